The van der Waals surface area contributed by atoms with E-state index in [9.17, 15) is 9.59 Å². The van der Waals surface area contributed by atoms with Crippen molar-refractivity contribution in [3.63, 3.8) is 0 Å². The summed E-state index contributed by atoms with van der Waals surface area (Å²) in [7, 11) is 0. The first-order valence-corrected chi connectivity index (χ1v) is 9.54. The van der Waals surface area contributed by atoms with Crippen LogP contribution in [0.15, 0.2) is 12.1 Å². The highest BCUT2D eigenvalue weighted by molar-refractivity contribution is 5.81. The van der Waals surface area contributed by atoms with Gasteiger partial charge in [0.25, 0.3) is 0 Å². The van der Waals surface area contributed by atoms with Crippen LogP contribution < -0.4 is 5.32 Å². The Morgan fingerprint density at radius 2 is 1.84 bits per heavy atom. The average molecular weight is 346 g/mol. The highest BCUT2D eigenvalue weighted by atomic mass is 16.4. The number of hydrogen-bond donors (Lipinski definition) is 2. The predicted molar refractivity (Wildman–Crippen MR) is 97.5 cm³/mol. The number of rotatable bonds is 10. The maximum absolute atomic E-state index is 11.0. The third-order valence-electron chi connectivity index (χ3n) is 4.84. The molecule has 0 radical (unpaired) electrons. The Hall–Kier alpha value is -1.91. The van der Waals surface area contributed by atoms with Crippen LogP contribution in [-0.4, -0.2) is 28.0 Å². The van der Waals surface area contributed by atoms with Crippen molar-refractivity contribution in [2.45, 2.75) is 83.6 Å². The Labute approximate surface area is 150 Å². The molecule has 5 nitrogen and oxygen atoms in total. The van der Waals surface area contributed by atoms with Gasteiger partial charge in [-0.1, -0.05) is 31.7 Å². The Balaban J connectivity index is 1.59. The van der Waals surface area contributed by atoms with E-state index in [2.05, 4.69) is 17.4 Å². The van der Waals surface area contributed by atoms with Gasteiger partial charge in [-0.05, 0) is 56.6 Å². The largest absolute Gasteiger partial charge is 0.480 e. The van der Waals surface area contributed by atoms with Crippen LogP contribution in [0, 0.1) is 0 Å². The average Bonchev–Trinajstić information content (AvgIpc) is 2.59. The molecule has 0 bridgehead atoms. The van der Waals surface area contributed by atoms with E-state index in [0.717, 1.165) is 44.9 Å². The third-order valence-corrected chi connectivity index (χ3v) is 4.84. The van der Waals surface area contributed by atoms with Gasteiger partial charge in [0.2, 0.25) is 5.91 Å². The number of fused-ring (bicyclic) bond motifs is 1. The molecule has 2 rings (SSSR count). The fraction of sp³-hybridized carbons (Fsp3) is 0.650. The lowest BCUT2D eigenvalue weighted by molar-refractivity contribution is -0.141. The van der Waals surface area contributed by atoms with Gasteiger partial charge in [0.05, 0.1) is 0 Å². The number of unbranched alkanes of at least 4 members (excludes halogenated alkanes) is 4. The highest BCUT2D eigenvalue weighted by Crippen LogP contribution is 2.20. The first-order chi connectivity index (χ1) is 12.1. The number of carboxylic acid groups (broad SMARTS) is 1. The van der Waals surface area contributed by atoms with Gasteiger partial charge in [0.1, 0.15) is 6.04 Å². The molecule has 25 heavy (non-hydrogen) atoms. The van der Waals surface area contributed by atoms with Crippen LogP contribution in [0.5, 0.6) is 0 Å². The fourth-order valence-electron chi connectivity index (χ4n) is 3.45. The maximum atomic E-state index is 11.0. The number of nitrogens with zero attached hydrogens (tertiary/aromatic N) is 1. The molecule has 5 heteroatoms. The number of hydrogen-bond acceptors (Lipinski definition) is 3. The van der Waals surface area contributed by atoms with E-state index < -0.39 is 12.0 Å². The van der Waals surface area contributed by atoms with E-state index in [1.807, 2.05) is 0 Å². The predicted octanol–water partition coefficient (Wildman–Crippen LogP) is 3.43. The van der Waals surface area contributed by atoms with E-state index in [1.165, 1.54) is 43.1 Å². The molecular formula is C20H30N2O3. The molecule has 138 valence electrons. The van der Waals surface area contributed by atoms with Crippen molar-refractivity contribution in [1.29, 1.82) is 0 Å². The standard InChI is InChI=1S/C20H30N2O3/c1-15(23)21-19(20(24)25)12-6-4-2-3-5-10-17-14-13-16-9-7-8-11-18(16)22-17/h13-14,19H,2-12H2,1H3,(H,21,23)(H,24,25). The van der Waals surface area contributed by atoms with Crippen molar-refractivity contribution in [3.05, 3.63) is 29.1 Å². The molecule has 2 N–H and O–H groups in total. The molecule has 0 fully saturated rings. The van der Waals surface area contributed by atoms with E-state index in [-0.39, 0.29) is 5.91 Å². The van der Waals surface area contributed by atoms with E-state index in [4.69, 9.17) is 10.1 Å². The van der Waals surface area contributed by atoms with Gasteiger partial charge in [0, 0.05) is 18.3 Å². The van der Waals surface area contributed by atoms with Gasteiger partial charge >= 0.3 is 5.97 Å². The summed E-state index contributed by atoms with van der Waals surface area (Å²) in [5.41, 5.74) is 3.95. The third kappa shape index (κ3) is 6.85. The fourth-order valence-corrected chi connectivity index (χ4v) is 3.45. The lowest BCUT2D eigenvalue weighted by atomic mass is 9.95. The van der Waals surface area contributed by atoms with Crippen molar-refractivity contribution in [3.8, 4) is 0 Å². The van der Waals surface area contributed by atoms with Crippen molar-refractivity contribution < 1.29 is 14.7 Å². The molecule has 1 aromatic rings. The van der Waals surface area contributed by atoms with Gasteiger partial charge in [-0.25, -0.2) is 4.79 Å². The molecular weight excluding hydrogens is 316 g/mol. The van der Waals surface area contributed by atoms with Gasteiger partial charge in [-0.15, -0.1) is 0 Å². The molecule has 1 heterocycles. The second kappa shape index (κ2) is 10.2. The summed E-state index contributed by atoms with van der Waals surface area (Å²) in [6.45, 7) is 1.35. The van der Waals surface area contributed by atoms with Crippen LogP contribution in [-0.2, 0) is 28.9 Å². The lowest BCUT2D eigenvalue weighted by Gasteiger charge is -2.15. The molecule has 1 aliphatic rings. The Morgan fingerprint density at radius 3 is 2.60 bits per heavy atom. The maximum Gasteiger partial charge on any atom is 0.326 e. The topological polar surface area (TPSA) is 79.3 Å². The monoisotopic (exact) mass is 346 g/mol. The molecule has 1 aromatic heterocycles. The van der Waals surface area contributed by atoms with E-state index in [0.29, 0.717) is 6.42 Å². The molecule has 0 aliphatic heterocycles. The normalized spacial score (nSPS) is 14.6. The lowest BCUT2D eigenvalue weighted by Crippen LogP contribution is -2.39. The number of aliphatic carboxylic acids is 1. The second-order valence-electron chi connectivity index (χ2n) is 7.01. The number of amides is 1. The Bertz CT molecular complexity index is 586. The first kappa shape index (κ1) is 19.4. The van der Waals surface area contributed by atoms with Crippen LogP contribution in [0.4, 0.5) is 0 Å². The van der Waals surface area contributed by atoms with Crippen LogP contribution >= 0.6 is 0 Å². The smallest absolute Gasteiger partial charge is 0.326 e. The molecule has 1 aliphatic carbocycles. The molecule has 0 spiro atoms. The summed E-state index contributed by atoms with van der Waals surface area (Å²) in [6, 6.07) is 3.68. The molecule has 0 saturated heterocycles. The molecule has 0 saturated carbocycles. The Morgan fingerprint density at radius 1 is 1.12 bits per heavy atom. The number of nitrogens with one attached hydrogen (secondary N) is 1. The minimum atomic E-state index is -0.950. The zero-order valence-electron chi connectivity index (χ0n) is 15.2. The summed E-state index contributed by atoms with van der Waals surface area (Å²) in [5, 5.41) is 11.5. The number of carbonyl (C=O) groups excluding carboxylic acids is 1. The number of aryl methyl sites for hydroxylation is 3. The van der Waals surface area contributed by atoms with Crippen LogP contribution in [0.25, 0.3) is 0 Å². The minimum absolute atomic E-state index is 0.287. The van der Waals surface area contributed by atoms with Crippen LogP contribution in [0.3, 0.4) is 0 Å². The molecule has 1 unspecified atom stereocenters. The van der Waals surface area contributed by atoms with E-state index in [1.54, 1.807) is 0 Å². The number of carboxylic acids is 1. The second-order valence-corrected chi connectivity index (χ2v) is 7.01. The van der Waals surface area contributed by atoms with Gasteiger partial charge < -0.3 is 10.4 Å². The number of aromatic nitrogens is 1. The number of carbonyl (C=O) groups is 2. The van der Waals surface area contributed by atoms with Crippen molar-refractivity contribution in [1.82, 2.24) is 10.3 Å². The molecule has 0 aromatic carbocycles. The van der Waals surface area contributed by atoms with Gasteiger partial charge in [-0.2, -0.15) is 0 Å². The highest BCUT2D eigenvalue weighted by Gasteiger charge is 2.17. The van der Waals surface area contributed by atoms with Crippen molar-refractivity contribution in [2.24, 2.45) is 0 Å². The van der Waals surface area contributed by atoms with E-state index >= 15 is 0 Å². The Kier molecular flexibility index (Phi) is 7.89. The van der Waals surface area contributed by atoms with Gasteiger partial charge in [0.15, 0.2) is 0 Å². The molecule has 1 amide bonds. The minimum Gasteiger partial charge on any atom is -0.480 e. The van der Waals surface area contributed by atoms with Crippen molar-refractivity contribution in [2.75, 3.05) is 0 Å². The molecule has 1 atom stereocenters. The number of pyridine rings is 1. The summed E-state index contributed by atoms with van der Waals surface area (Å²) < 4.78 is 0. The first-order valence-electron chi connectivity index (χ1n) is 9.54. The quantitative estimate of drug-likeness (QED) is 0.636. The van der Waals surface area contributed by atoms with Crippen LogP contribution in [0.2, 0.25) is 0 Å². The summed E-state index contributed by atoms with van der Waals surface area (Å²) in [4.78, 5) is 26.8. The van der Waals surface area contributed by atoms with Crippen LogP contribution in [0.1, 0.15) is 75.2 Å². The summed E-state index contributed by atoms with van der Waals surface area (Å²) >= 11 is 0. The SMILES string of the molecule is CC(=O)NC(CCCCCCCc1ccc2c(n1)CCCC2)C(=O)O. The summed E-state index contributed by atoms with van der Waals surface area (Å²) in [5.74, 6) is -1.24. The van der Waals surface area contributed by atoms with Crippen molar-refractivity contribution >= 4 is 11.9 Å². The zero-order valence-corrected chi connectivity index (χ0v) is 15.2. The summed E-state index contributed by atoms with van der Waals surface area (Å²) in [6.07, 6.45) is 11.6. The van der Waals surface area contributed by atoms with Gasteiger partial charge in [-0.3, -0.25) is 9.78 Å². The zero-order chi connectivity index (χ0) is 18.1.